The first-order valence-electron chi connectivity index (χ1n) is 3.90. The van der Waals surface area contributed by atoms with Crippen molar-refractivity contribution in [2.24, 2.45) is 5.84 Å². The Kier molecular flexibility index (Phi) is 2.51. The second kappa shape index (κ2) is 3.41. The zero-order valence-corrected chi connectivity index (χ0v) is 7.54. The molecule has 64 valence electrons. The molecule has 2 heteroatoms. The summed E-state index contributed by atoms with van der Waals surface area (Å²) in [6.45, 7) is 7.67. The molecule has 1 aliphatic heterocycles. The maximum absolute atomic E-state index is 5.81. The molecule has 0 aromatic rings. The Labute approximate surface area is 73.3 Å². The Bertz CT molecular complexity index is 282. The lowest BCUT2D eigenvalue weighted by Crippen LogP contribution is -2.29. The maximum atomic E-state index is 5.81. The van der Waals surface area contributed by atoms with Crippen molar-refractivity contribution < 1.29 is 0 Å². The van der Waals surface area contributed by atoms with Crippen LogP contribution in [0, 0.1) is 0 Å². The number of nitrogens with zero attached hydrogens (tertiary/aromatic N) is 1. The Morgan fingerprint density at radius 1 is 1.67 bits per heavy atom. The molecule has 0 unspecified atom stereocenters. The minimum atomic E-state index is 1.00. The predicted molar refractivity (Wildman–Crippen MR) is 51.8 cm³/mol. The molecular weight excluding hydrogens is 148 g/mol. The molecule has 0 saturated heterocycles. The fraction of sp³-hybridized carbons (Fsp3) is 0.200. The number of allylic oxidation sites excluding steroid dienone is 6. The third-order valence-electron chi connectivity index (χ3n) is 1.94. The van der Waals surface area contributed by atoms with Crippen LogP contribution in [-0.2, 0) is 0 Å². The summed E-state index contributed by atoms with van der Waals surface area (Å²) in [6.07, 6.45) is 7.74. The van der Waals surface area contributed by atoms with Crippen molar-refractivity contribution in [2.75, 3.05) is 0 Å². The van der Waals surface area contributed by atoms with E-state index in [1.165, 1.54) is 0 Å². The van der Waals surface area contributed by atoms with Crippen LogP contribution in [0.25, 0.3) is 0 Å². The van der Waals surface area contributed by atoms with Crippen molar-refractivity contribution in [3.63, 3.8) is 0 Å². The van der Waals surface area contributed by atoms with E-state index in [9.17, 15) is 0 Å². The van der Waals surface area contributed by atoms with Crippen molar-refractivity contribution in [3.05, 3.63) is 47.9 Å². The third kappa shape index (κ3) is 1.48. The van der Waals surface area contributed by atoms with E-state index in [4.69, 9.17) is 5.84 Å². The summed E-state index contributed by atoms with van der Waals surface area (Å²) in [4.78, 5) is 0. The number of hydrogen-bond donors (Lipinski definition) is 1. The summed E-state index contributed by atoms with van der Waals surface area (Å²) in [5.41, 5.74) is 3.12. The molecule has 12 heavy (non-hydrogen) atoms. The molecule has 0 bridgehead atoms. The lowest BCUT2D eigenvalue weighted by Gasteiger charge is -2.24. The molecule has 1 rings (SSSR count). The molecule has 0 spiro atoms. The molecule has 0 fully saturated rings. The van der Waals surface area contributed by atoms with Gasteiger partial charge in [-0.15, -0.1) is 0 Å². The van der Waals surface area contributed by atoms with Crippen LogP contribution in [0.2, 0.25) is 0 Å². The van der Waals surface area contributed by atoms with Gasteiger partial charge >= 0.3 is 0 Å². The average molecular weight is 162 g/mol. The first kappa shape index (κ1) is 8.81. The van der Waals surface area contributed by atoms with Gasteiger partial charge in [-0.25, -0.2) is 5.84 Å². The summed E-state index contributed by atoms with van der Waals surface area (Å²) in [5.74, 6) is 5.81. The number of hydrogen-bond acceptors (Lipinski definition) is 2. The minimum Gasteiger partial charge on any atom is -0.284 e. The predicted octanol–water partition coefficient (Wildman–Crippen LogP) is 2.10. The van der Waals surface area contributed by atoms with Crippen LogP contribution in [0.1, 0.15) is 13.8 Å². The monoisotopic (exact) mass is 162 g/mol. The second-order valence-corrected chi connectivity index (χ2v) is 2.81. The summed E-state index contributed by atoms with van der Waals surface area (Å²) in [6, 6.07) is 0. The SMILES string of the molecule is C=C/C(C)=C1/C=CC=C(C)N1N. The summed E-state index contributed by atoms with van der Waals surface area (Å²) >= 11 is 0. The van der Waals surface area contributed by atoms with Crippen molar-refractivity contribution in [2.45, 2.75) is 13.8 Å². The smallest absolute Gasteiger partial charge is 0.0600 e. The van der Waals surface area contributed by atoms with E-state index in [1.807, 2.05) is 32.1 Å². The van der Waals surface area contributed by atoms with Gasteiger partial charge < -0.3 is 0 Å². The van der Waals surface area contributed by atoms with Gasteiger partial charge in [0.15, 0.2) is 0 Å². The molecule has 0 saturated carbocycles. The van der Waals surface area contributed by atoms with Gasteiger partial charge in [-0.3, -0.25) is 5.01 Å². The van der Waals surface area contributed by atoms with Gasteiger partial charge in [0.1, 0.15) is 0 Å². The van der Waals surface area contributed by atoms with Crippen LogP contribution in [-0.4, -0.2) is 5.01 Å². The standard InChI is InChI=1S/C10H14N2/c1-4-8(2)10-7-5-6-9(3)12(10)11/h4-7H,1,11H2,2-3H3/b10-8-. The number of rotatable bonds is 1. The van der Waals surface area contributed by atoms with Gasteiger partial charge in [0.25, 0.3) is 0 Å². The molecule has 1 aliphatic rings. The Hall–Kier alpha value is -1.28. The van der Waals surface area contributed by atoms with Gasteiger partial charge in [-0.2, -0.15) is 0 Å². The molecule has 1 heterocycles. The highest BCUT2D eigenvalue weighted by atomic mass is 15.4. The van der Waals surface area contributed by atoms with Crippen LogP contribution >= 0.6 is 0 Å². The molecule has 0 amide bonds. The van der Waals surface area contributed by atoms with E-state index in [0.717, 1.165) is 17.0 Å². The maximum Gasteiger partial charge on any atom is 0.0600 e. The molecule has 0 aliphatic carbocycles. The fourth-order valence-corrected chi connectivity index (χ4v) is 1.06. The van der Waals surface area contributed by atoms with Crippen LogP contribution in [0.4, 0.5) is 0 Å². The van der Waals surface area contributed by atoms with Crippen molar-refractivity contribution >= 4 is 0 Å². The van der Waals surface area contributed by atoms with Crippen LogP contribution < -0.4 is 5.84 Å². The van der Waals surface area contributed by atoms with E-state index < -0.39 is 0 Å². The van der Waals surface area contributed by atoms with Crippen LogP contribution in [0.3, 0.4) is 0 Å². The summed E-state index contributed by atoms with van der Waals surface area (Å²) in [7, 11) is 0. The summed E-state index contributed by atoms with van der Waals surface area (Å²) < 4.78 is 0. The van der Waals surface area contributed by atoms with Crippen molar-refractivity contribution in [1.82, 2.24) is 5.01 Å². The molecule has 0 atom stereocenters. The van der Waals surface area contributed by atoms with E-state index in [-0.39, 0.29) is 0 Å². The Morgan fingerprint density at radius 3 is 2.92 bits per heavy atom. The van der Waals surface area contributed by atoms with E-state index in [0.29, 0.717) is 0 Å². The topological polar surface area (TPSA) is 29.3 Å². The number of nitrogens with two attached hydrogens (primary N) is 1. The zero-order chi connectivity index (χ0) is 9.14. The largest absolute Gasteiger partial charge is 0.284 e. The van der Waals surface area contributed by atoms with E-state index in [2.05, 4.69) is 6.58 Å². The highest BCUT2D eigenvalue weighted by molar-refractivity contribution is 5.37. The highest BCUT2D eigenvalue weighted by Crippen LogP contribution is 2.18. The first-order valence-corrected chi connectivity index (χ1v) is 3.90. The Balaban J connectivity index is 3.05. The highest BCUT2D eigenvalue weighted by Gasteiger charge is 2.08. The normalized spacial score (nSPS) is 20.6. The van der Waals surface area contributed by atoms with Gasteiger partial charge in [0.2, 0.25) is 0 Å². The molecule has 0 aromatic carbocycles. The minimum absolute atomic E-state index is 1.00. The fourth-order valence-electron chi connectivity index (χ4n) is 1.06. The van der Waals surface area contributed by atoms with Crippen molar-refractivity contribution in [3.8, 4) is 0 Å². The van der Waals surface area contributed by atoms with Gasteiger partial charge in [-0.1, -0.05) is 18.7 Å². The van der Waals surface area contributed by atoms with Gasteiger partial charge in [0.05, 0.1) is 5.70 Å². The number of hydrazine groups is 1. The zero-order valence-electron chi connectivity index (χ0n) is 7.54. The van der Waals surface area contributed by atoms with Crippen LogP contribution in [0.5, 0.6) is 0 Å². The van der Waals surface area contributed by atoms with Gasteiger partial charge in [0, 0.05) is 5.70 Å². The van der Waals surface area contributed by atoms with E-state index in [1.54, 1.807) is 11.1 Å². The van der Waals surface area contributed by atoms with Crippen LogP contribution in [0.15, 0.2) is 47.9 Å². The summed E-state index contributed by atoms with van der Waals surface area (Å²) in [5, 5.41) is 1.66. The molecule has 2 nitrogen and oxygen atoms in total. The third-order valence-corrected chi connectivity index (χ3v) is 1.94. The molecule has 2 N–H and O–H groups in total. The van der Waals surface area contributed by atoms with Gasteiger partial charge in [-0.05, 0) is 31.6 Å². The molecule has 0 aromatic heterocycles. The molecular formula is C10H14N2. The quantitative estimate of drug-likeness (QED) is 0.598. The lowest BCUT2D eigenvalue weighted by atomic mass is 10.1. The Morgan fingerprint density at radius 2 is 2.33 bits per heavy atom. The first-order chi connectivity index (χ1) is 5.66. The van der Waals surface area contributed by atoms with E-state index >= 15 is 0 Å². The lowest BCUT2D eigenvalue weighted by molar-refractivity contribution is 0.457. The second-order valence-electron chi connectivity index (χ2n) is 2.81. The molecule has 0 radical (unpaired) electrons. The van der Waals surface area contributed by atoms with Crippen molar-refractivity contribution in [1.29, 1.82) is 0 Å². The average Bonchev–Trinajstić information content (AvgIpc) is 2.08.